The maximum Gasteiger partial charge on any atom is 0.315 e. The zero-order valence-corrected chi connectivity index (χ0v) is 14.9. The highest BCUT2D eigenvalue weighted by atomic mass is 16.5. The summed E-state index contributed by atoms with van der Waals surface area (Å²) in [6.07, 6.45) is 1.39. The number of primary amides is 1. The number of nitrogens with two attached hydrogens (primary N) is 1. The molecule has 134 valence electrons. The first kappa shape index (κ1) is 18.5. The number of hydroxylamine groups is 3. The molecule has 24 heavy (non-hydrogen) atoms. The summed E-state index contributed by atoms with van der Waals surface area (Å²) in [5.41, 5.74) is 6.58. The summed E-state index contributed by atoms with van der Waals surface area (Å²) in [6, 6.07) is 7.37. The van der Waals surface area contributed by atoms with E-state index in [2.05, 4.69) is 13.8 Å². The normalized spacial score (nSPS) is 24.0. The summed E-state index contributed by atoms with van der Waals surface area (Å²) in [5.74, 6) is 1.31. The number of hydrogen-bond donors (Lipinski definition) is 1. The molecule has 0 bridgehead atoms. The van der Waals surface area contributed by atoms with E-state index < -0.39 is 6.03 Å². The molecule has 1 saturated heterocycles. The van der Waals surface area contributed by atoms with Crippen LogP contribution in [0.3, 0.4) is 0 Å². The molecular weight excluding hydrogens is 306 g/mol. The van der Waals surface area contributed by atoms with Crippen molar-refractivity contribution < 1.29 is 14.2 Å². The molecule has 2 rings (SSSR count). The van der Waals surface area contributed by atoms with Gasteiger partial charge in [-0.25, -0.2) is 4.79 Å². The van der Waals surface area contributed by atoms with E-state index in [4.69, 9.17) is 10.5 Å². The zero-order chi connectivity index (χ0) is 17.7. The first-order valence-corrected chi connectivity index (χ1v) is 8.60. The fourth-order valence-electron chi connectivity index (χ4n) is 2.95. The number of hydrogen-bond acceptors (Lipinski definition) is 3. The number of benzene rings is 1. The van der Waals surface area contributed by atoms with Gasteiger partial charge in [-0.05, 0) is 23.6 Å². The van der Waals surface area contributed by atoms with Crippen molar-refractivity contribution in [2.45, 2.75) is 39.3 Å². The fourth-order valence-corrected chi connectivity index (χ4v) is 2.95. The molecule has 0 aromatic heterocycles. The van der Waals surface area contributed by atoms with Gasteiger partial charge in [-0.1, -0.05) is 26.0 Å². The van der Waals surface area contributed by atoms with Gasteiger partial charge in [0.1, 0.15) is 5.75 Å². The molecule has 0 saturated carbocycles. The van der Waals surface area contributed by atoms with E-state index in [1.54, 1.807) is 11.9 Å². The Bertz CT molecular complexity index is 533. The predicted octanol–water partition coefficient (Wildman–Crippen LogP) is 2.71. The molecule has 2 amide bonds. The van der Waals surface area contributed by atoms with Crippen molar-refractivity contribution in [3.8, 4) is 5.75 Å². The number of carbonyl (C=O) groups excluding carboxylic acids is 1. The maximum absolute atomic E-state index is 12.0. The Balaban J connectivity index is 1.97. The van der Waals surface area contributed by atoms with Crippen LogP contribution in [0.1, 0.15) is 32.3 Å². The van der Waals surface area contributed by atoms with Crippen LogP contribution in [0.4, 0.5) is 4.79 Å². The van der Waals surface area contributed by atoms with Gasteiger partial charge in [0.25, 0.3) is 0 Å². The van der Waals surface area contributed by atoms with Gasteiger partial charge in [-0.15, -0.1) is 0 Å². The molecule has 1 aliphatic rings. The minimum atomic E-state index is -0.429. The largest absolute Gasteiger partial charge is 0.633 e. The van der Waals surface area contributed by atoms with Crippen LogP contribution in [0.2, 0.25) is 0 Å². The lowest BCUT2D eigenvalue weighted by Gasteiger charge is -2.46. The van der Waals surface area contributed by atoms with Crippen molar-refractivity contribution in [3.05, 3.63) is 35.0 Å². The Kier molecular flexibility index (Phi) is 6.07. The van der Waals surface area contributed by atoms with E-state index in [1.807, 2.05) is 24.3 Å². The molecule has 0 radical (unpaired) electrons. The van der Waals surface area contributed by atoms with E-state index in [9.17, 15) is 10.0 Å². The van der Waals surface area contributed by atoms with Crippen molar-refractivity contribution in [3.63, 3.8) is 0 Å². The second-order valence-corrected chi connectivity index (χ2v) is 7.29. The Morgan fingerprint density at radius 1 is 1.33 bits per heavy atom. The van der Waals surface area contributed by atoms with Crippen molar-refractivity contribution in [1.29, 1.82) is 0 Å². The summed E-state index contributed by atoms with van der Waals surface area (Å²) < 4.78 is 5.44. The summed E-state index contributed by atoms with van der Waals surface area (Å²) in [5, 5.41) is 12.0. The van der Waals surface area contributed by atoms with E-state index in [0.717, 1.165) is 11.3 Å². The lowest BCUT2D eigenvalue weighted by atomic mass is 10.0. The molecule has 0 unspecified atom stereocenters. The number of piperidine rings is 1. The number of ether oxygens (including phenoxy) is 1. The third-order valence-corrected chi connectivity index (χ3v) is 4.45. The topological polar surface area (TPSA) is 78.6 Å². The second-order valence-electron chi connectivity index (χ2n) is 7.29. The fraction of sp³-hybridized carbons (Fsp3) is 0.611. The highest BCUT2D eigenvalue weighted by Gasteiger charge is 2.29. The lowest BCUT2D eigenvalue weighted by molar-refractivity contribution is -0.866. The highest BCUT2D eigenvalue weighted by Crippen LogP contribution is 2.22. The average molecular weight is 335 g/mol. The molecule has 0 aliphatic carbocycles. The first-order valence-electron chi connectivity index (χ1n) is 8.60. The molecule has 1 aromatic carbocycles. The van der Waals surface area contributed by atoms with Gasteiger partial charge in [0.2, 0.25) is 0 Å². The van der Waals surface area contributed by atoms with Crippen molar-refractivity contribution in [2.24, 2.45) is 11.7 Å². The number of carbonyl (C=O) groups is 1. The summed E-state index contributed by atoms with van der Waals surface area (Å²) >= 11 is 0. The van der Waals surface area contributed by atoms with Gasteiger partial charge >= 0.3 is 6.03 Å². The van der Waals surface area contributed by atoms with Gasteiger partial charge in [0.05, 0.1) is 26.7 Å². The number of amides is 2. The van der Waals surface area contributed by atoms with E-state index in [0.29, 0.717) is 45.0 Å². The Morgan fingerprint density at radius 2 is 1.92 bits per heavy atom. The van der Waals surface area contributed by atoms with Crippen molar-refractivity contribution in [2.75, 3.05) is 26.7 Å². The molecule has 1 heterocycles. The van der Waals surface area contributed by atoms with Crippen molar-refractivity contribution >= 4 is 6.03 Å². The predicted molar refractivity (Wildman–Crippen MR) is 94.2 cm³/mol. The average Bonchev–Trinajstić information content (AvgIpc) is 2.52. The van der Waals surface area contributed by atoms with Crippen LogP contribution in [0.15, 0.2) is 24.3 Å². The van der Waals surface area contributed by atoms with Crippen molar-refractivity contribution in [1.82, 2.24) is 4.90 Å². The number of rotatable bonds is 6. The Hall–Kier alpha value is -1.79. The molecule has 6 nitrogen and oxygen atoms in total. The third kappa shape index (κ3) is 5.39. The highest BCUT2D eigenvalue weighted by molar-refractivity contribution is 5.72. The molecule has 2 N–H and O–H groups in total. The van der Waals surface area contributed by atoms with E-state index in [1.165, 1.54) is 0 Å². The summed E-state index contributed by atoms with van der Waals surface area (Å²) in [6.45, 7) is 6.41. The number of quaternary nitrogens is 1. The minimum Gasteiger partial charge on any atom is -0.633 e. The summed E-state index contributed by atoms with van der Waals surface area (Å²) in [7, 11) is 1.68. The zero-order valence-electron chi connectivity index (χ0n) is 14.9. The smallest absolute Gasteiger partial charge is 0.315 e. The van der Waals surface area contributed by atoms with Crippen LogP contribution in [0.5, 0.6) is 5.75 Å². The molecule has 6 heteroatoms. The number of urea groups is 1. The van der Waals surface area contributed by atoms with Gasteiger partial charge in [0, 0.05) is 25.4 Å². The molecule has 0 atom stereocenters. The third-order valence-electron chi connectivity index (χ3n) is 4.45. The van der Waals surface area contributed by atoms with Crippen LogP contribution in [0, 0.1) is 11.1 Å². The number of nitrogens with zero attached hydrogens (tertiary/aromatic N) is 2. The second kappa shape index (κ2) is 7.85. The van der Waals surface area contributed by atoms with Crippen LogP contribution >= 0.6 is 0 Å². The van der Waals surface area contributed by atoms with Gasteiger partial charge in [-0.2, -0.15) is 0 Å². The lowest BCUT2D eigenvalue weighted by Crippen LogP contribution is -2.53. The maximum atomic E-state index is 12.0. The summed E-state index contributed by atoms with van der Waals surface area (Å²) in [4.78, 5) is 13.5. The van der Waals surface area contributed by atoms with E-state index in [-0.39, 0.29) is 10.7 Å². The minimum absolute atomic E-state index is 0.0412. The van der Waals surface area contributed by atoms with Crippen LogP contribution in [-0.2, 0) is 6.54 Å². The first-order chi connectivity index (χ1) is 11.3. The SMILES string of the molecule is CC(C)COc1ccc(CN(C(N)=O)C2CC[N+](C)([O-])CC2)cc1. The molecule has 1 aliphatic heterocycles. The quantitative estimate of drug-likeness (QED) is 0.641. The molecular formula is C18H29N3O3. The van der Waals surface area contributed by atoms with Gasteiger partial charge < -0.3 is 25.2 Å². The van der Waals surface area contributed by atoms with Crippen LogP contribution in [0.25, 0.3) is 0 Å². The van der Waals surface area contributed by atoms with Gasteiger partial charge in [0.15, 0.2) is 0 Å². The van der Waals surface area contributed by atoms with Gasteiger partial charge in [-0.3, -0.25) is 0 Å². The number of likely N-dealkylation sites (tertiary alicyclic amines) is 1. The standard InChI is InChI=1S/C18H29N3O3/c1-14(2)13-24-17-6-4-15(5-7-17)12-20(18(19)22)16-8-10-21(3,23)11-9-16/h4-7,14,16H,8-13H2,1-3H3,(H2,19,22). The Morgan fingerprint density at radius 3 is 2.42 bits per heavy atom. The van der Waals surface area contributed by atoms with Crippen LogP contribution in [-0.4, -0.2) is 48.4 Å². The van der Waals surface area contributed by atoms with Crippen LogP contribution < -0.4 is 10.5 Å². The monoisotopic (exact) mass is 335 g/mol. The van der Waals surface area contributed by atoms with E-state index >= 15 is 0 Å². The Labute approximate surface area is 144 Å². The molecule has 1 aromatic rings. The molecule has 1 fully saturated rings. The molecule has 0 spiro atoms.